The third-order valence-corrected chi connectivity index (χ3v) is 4.20. The van der Waals surface area contributed by atoms with Gasteiger partial charge in [0.2, 0.25) is 10.0 Å². The van der Waals surface area contributed by atoms with Crippen LogP contribution in [0.25, 0.3) is 0 Å². The first-order valence-corrected chi connectivity index (χ1v) is 8.68. The number of rotatable bonds is 7. The summed E-state index contributed by atoms with van der Waals surface area (Å²) in [6.07, 6.45) is 1.35. The first kappa shape index (κ1) is 17.3. The lowest BCUT2D eigenvalue weighted by molar-refractivity contribution is 0.278. The SMILES string of the molecule is Cc1cc(Cl)cc(C)c1OCCC(C)CCS(N)(=O)=O. The fraction of sp³-hybridized carbons (Fsp3) is 0.571. The lowest BCUT2D eigenvalue weighted by Crippen LogP contribution is -2.19. The van der Waals surface area contributed by atoms with Crippen LogP contribution in [0.2, 0.25) is 5.02 Å². The van der Waals surface area contributed by atoms with Gasteiger partial charge >= 0.3 is 0 Å². The number of nitrogens with two attached hydrogens (primary N) is 1. The molecule has 0 aliphatic heterocycles. The van der Waals surface area contributed by atoms with Crippen LogP contribution in [0.4, 0.5) is 0 Å². The van der Waals surface area contributed by atoms with Crippen molar-refractivity contribution in [2.75, 3.05) is 12.4 Å². The summed E-state index contributed by atoms with van der Waals surface area (Å²) in [5.41, 5.74) is 2.01. The predicted octanol–water partition coefficient (Wildman–Crippen LogP) is 3.04. The average molecular weight is 320 g/mol. The van der Waals surface area contributed by atoms with Gasteiger partial charge in [-0.2, -0.15) is 0 Å². The summed E-state index contributed by atoms with van der Waals surface area (Å²) in [6.45, 7) is 6.46. The normalized spacial score (nSPS) is 13.2. The molecule has 0 aliphatic rings. The molecule has 20 heavy (non-hydrogen) atoms. The van der Waals surface area contributed by atoms with Crippen molar-refractivity contribution in [3.63, 3.8) is 0 Å². The van der Waals surface area contributed by atoms with Crippen LogP contribution in [0.3, 0.4) is 0 Å². The van der Waals surface area contributed by atoms with E-state index in [4.69, 9.17) is 21.5 Å². The second kappa shape index (κ2) is 7.29. The van der Waals surface area contributed by atoms with Crippen molar-refractivity contribution in [1.29, 1.82) is 0 Å². The van der Waals surface area contributed by atoms with E-state index in [0.717, 1.165) is 23.3 Å². The Bertz CT molecular complexity index is 535. The summed E-state index contributed by atoms with van der Waals surface area (Å²) >= 11 is 5.97. The van der Waals surface area contributed by atoms with Gasteiger partial charge in [-0.05, 0) is 55.9 Å². The molecule has 114 valence electrons. The van der Waals surface area contributed by atoms with Gasteiger partial charge in [0.05, 0.1) is 12.4 Å². The topological polar surface area (TPSA) is 69.4 Å². The monoisotopic (exact) mass is 319 g/mol. The molecule has 0 fully saturated rings. The summed E-state index contributed by atoms with van der Waals surface area (Å²) in [5.74, 6) is 1.13. The molecular formula is C14H22ClNO3S. The van der Waals surface area contributed by atoms with Gasteiger partial charge in [0.1, 0.15) is 5.75 Å². The van der Waals surface area contributed by atoms with Crippen molar-refractivity contribution in [3.8, 4) is 5.75 Å². The summed E-state index contributed by atoms with van der Waals surface area (Å²) in [6, 6.07) is 3.74. The van der Waals surface area contributed by atoms with Gasteiger partial charge in [-0.3, -0.25) is 0 Å². The van der Waals surface area contributed by atoms with Gasteiger partial charge in [0.15, 0.2) is 0 Å². The van der Waals surface area contributed by atoms with Crippen LogP contribution in [0.1, 0.15) is 30.9 Å². The van der Waals surface area contributed by atoms with Crippen molar-refractivity contribution < 1.29 is 13.2 Å². The summed E-state index contributed by atoms with van der Waals surface area (Å²) in [5, 5.41) is 5.69. The Hall–Kier alpha value is -0.780. The van der Waals surface area contributed by atoms with E-state index in [-0.39, 0.29) is 11.7 Å². The maximum Gasteiger partial charge on any atom is 0.209 e. The molecule has 0 saturated carbocycles. The second-order valence-electron chi connectivity index (χ2n) is 5.27. The van der Waals surface area contributed by atoms with Crippen LogP contribution in [0.15, 0.2) is 12.1 Å². The molecule has 0 radical (unpaired) electrons. The highest BCUT2D eigenvalue weighted by atomic mass is 35.5. The highest BCUT2D eigenvalue weighted by molar-refractivity contribution is 7.89. The number of halogens is 1. The van der Waals surface area contributed by atoms with Crippen molar-refractivity contribution >= 4 is 21.6 Å². The molecule has 0 spiro atoms. The molecule has 0 amide bonds. The van der Waals surface area contributed by atoms with Gasteiger partial charge in [0, 0.05) is 5.02 Å². The third-order valence-electron chi connectivity index (χ3n) is 3.18. The van der Waals surface area contributed by atoms with E-state index in [1.807, 2.05) is 32.9 Å². The quantitative estimate of drug-likeness (QED) is 0.839. The van der Waals surface area contributed by atoms with Gasteiger partial charge in [-0.25, -0.2) is 13.6 Å². The summed E-state index contributed by atoms with van der Waals surface area (Å²) in [7, 11) is -3.37. The number of primary sulfonamides is 1. The van der Waals surface area contributed by atoms with Crippen molar-refractivity contribution in [1.82, 2.24) is 0 Å². The maximum absolute atomic E-state index is 10.9. The Balaban J connectivity index is 2.45. The van der Waals surface area contributed by atoms with E-state index in [1.54, 1.807) is 0 Å². The van der Waals surface area contributed by atoms with Gasteiger partial charge < -0.3 is 4.74 Å². The van der Waals surface area contributed by atoms with Gasteiger partial charge in [-0.15, -0.1) is 0 Å². The van der Waals surface area contributed by atoms with Crippen molar-refractivity contribution in [3.05, 3.63) is 28.3 Å². The fourth-order valence-corrected chi connectivity index (χ4v) is 3.06. The number of sulfonamides is 1. The first-order chi connectivity index (χ1) is 9.19. The minimum absolute atomic E-state index is 0.0210. The smallest absolute Gasteiger partial charge is 0.209 e. The van der Waals surface area contributed by atoms with Crippen molar-refractivity contribution in [2.45, 2.75) is 33.6 Å². The molecule has 6 heteroatoms. The number of ether oxygens (including phenoxy) is 1. The molecule has 1 aromatic carbocycles. The van der Waals surface area contributed by atoms with E-state index in [1.165, 1.54) is 0 Å². The van der Waals surface area contributed by atoms with Crippen LogP contribution in [-0.4, -0.2) is 20.8 Å². The molecule has 0 aromatic heterocycles. The largest absolute Gasteiger partial charge is 0.493 e. The Morgan fingerprint density at radius 2 is 1.80 bits per heavy atom. The highest BCUT2D eigenvalue weighted by Crippen LogP contribution is 2.27. The van der Waals surface area contributed by atoms with Crippen LogP contribution in [0, 0.1) is 19.8 Å². The number of hydrogen-bond acceptors (Lipinski definition) is 3. The molecule has 4 nitrogen and oxygen atoms in total. The lowest BCUT2D eigenvalue weighted by Gasteiger charge is -2.15. The standard InChI is InChI=1S/C14H22ClNO3S/c1-10(5-7-20(16,17)18)4-6-19-14-11(2)8-13(15)9-12(14)3/h8-10H,4-7H2,1-3H3,(H2,16,17,18). The van der Waals surface area contributed by atoms with Crippen LogP contribution in [-0.2, 0) is 10.0 Å². The van der Waals surface area contributed by atoms with Crippen LogP contribution in [0.5, 0.6) is 5.75 Å². The van der Waals surface area contributed by atoms with E-state index < -0.39 is 10.0 Å². The Morgan fingerprint density at radius 1 is 1.25 bits per heavy atom. The molecule has 0 aliphatic carbocycles. The second-order valence-corrected chi connectivity index (χ2v) is 7.44. The van der Waals surface area contributed by atoms with Gasteiger partial charge in [0.25, 0.3) is 0 Å². The molecule has 0 saturated heterocycles. The van der Waals surface area contributed by atoms with Crippen LogP contribution < -0.4 is 9.88 Å². The third kappa shape index (κ3) is 6.11. The Labute approximate surface area is 126 Å². The summed E-state index contributed by atoms with van der Waals surface area (Å²) < 4.78 is 27.6. The Morgan fingerprint density at radius 3 is 2.30 bits per heavy atom. The lowest BCUT2D eigenvalue weighted by atomic mass is 10.1. The zero-order chi connectivity index (χ0) is 15.3. The fourth-order valence-electron chi connectivity index (χ4n) is 2.00. The molecule has 1 aromatic rings. The van der Waals surface area contributed by atoms with Gasteiger partial charge in [-0.1, -0.05) is 18.5 Å². The zero-order valence-corrected chi connectivity index (χ0v) is 13.7. The number of hydrogen-bond donors (Lipinski definition) is 1. The minimum atomic E-state index is -3.37. The zero-order valence-electron chi connectivity index (χ0n) is 12.1. The van der Waals surface area contributed by atoms with Crippen molar-refractivity contribution in [2.24, 2.45) is 11.1 Å². The summed E-state index contributed by atoms with van der Waals surface area (Å²) in [4.78, 5) is 0. The van der Waals surface area contributed by atoms with Crippen LogP contribution >= 0.6 is 11.6 Å². The molecule has 1 atom stereocenters. The van der Waals surface area contributed by atoms with E-state index in [0.29, 0.717) is 18.1 Å². The average Bonchev–Trinajstić information content (AvgIpc) is 2.29. The van der Waals surface area contributed by atoms with E-state index >= 15 is 0 Å². The molecule has 2 N–H and O–H groups in total. The molecule has 1 rings (SSSR count). The molecule has 1 unspecified atom stereocenters. The Kier molecular flexibility index (Phi) is 6.30. The molecule has 0 bridgehead atoms. The minimum Gasteiger partial charge on any atom is -0.493 e. The first-order valence-electron chi connectivity index (χ1n) is 6.59. The molecule has 0 heterocycles. The number of benzene rings is 1. The maximum atomic E-state index is 10.9. The van der Waals surface area contributed by atoms with E-state index in [2.05, 4.69) is 0 Å². The molecular weight excluding hydrogens is 298 g/mol. The number of aryl methyl sites for hydroxylation is 2. The predicted molar refractivity (Wildman–Crippen MR) is 82.8 cm³/mol. The highest BCUT2D eigenvalue weighted by Gasteiger charge is 2.10. The van der Waals surface area contributed by atoms with E-state index in [9.17, 15) is 8.42 Å².